The molecule has 1 saturated heterocycles. The molecule has 1 heterocycles. The molecule has 0 saturated carbocycles. The highest BCUT2D eigenvalue weighted by Gasteiger charge is 2.31. The molecule has 0 N–H and O–H groups in total. The number of carbonyl (C=O) groups excluding carboxylic acids is 2. The molecule has 0 aliphatic carbocycles. The van der Waals surface area contributed by atoms with Gasteiger partial charge in [0.05, 0.1) is 6.61 Å². The fourth-order valence-electron chi connectivity index (χ4n) is 1.41. The molecular weight excluding hydrogens is 240 g/mol. The average molecular weight is 258 g/mol. The van der Waals surface area contributed by atoms with E-state index in [-0.39, 0.29) is 6.61 Å². The van der Waals surface area contributed by atoms with Crippen LogP contribution in [0.4, 0.5) is 0 Å². The van der Waals surface area contributed by atoms with Crippen molar-refractivity contribution in [3.05, 3.63) is 12.7 Å². The lowest BCUT2D eigenvalue weighted by molar-refractivity contribution is -0.250. The number of ether oxygens (including phenoxy) is 4. The highest BCUT2D eigenvalue weighted by Crippen LogP contribution is 2.17. The second kappa shape index (κ2) is 7.13. The lowest BCUT2D eigenvalue weighted by atomic mass is 10.3. The van der Waals surface area contributed by atoms with Crippen molar-refractivity contribution < 1.29 is 28.5 Å². The molecule has 1 unspecified atom stereocenters. The van der Waals surface area contributed by atoms with Crippen LogP contribution in [0.25, 0.3) is 0 Å². The summed E-state index contributed by atoms with van der Waals surface area (Å²) in [5.74, 6) is -2.48. The second-order valence-electron chi connectivity index (χ2n) is 4.03. The van der Waals surface area contributed by atoms with Gasteiger partial charge in [-0.05, 0) is 12.8 Å². The molecule has 0 aromatic carbocycles. The molecule has 0 aromatic heterocycles. The Bertz CT molecular complexity index is 304. The molecule has 18 heavy (non-hydrogen) atoms. The molecule has 1 fully saturated rings. The van der Waals surface area contributed by atoms with Crippen LogP contribution in [0.5, 0.6) is 0 Å². The van der Waals surface area contributed by atoms with Crippen LogP contribution in [0.3, 0.4) is 0 Å². The van der Waals surface area contributed by atoms with Crippen LogP contribution in [0.15, 0.2) is 12.7 Å². The molecule has 0 amide bonds. The minimum absolute atomic E-state index is 0.161. The van der Waals surface area contributed by atoms with E-state index in [0.717, 1.165) is 18.9 Å². The summed E-state index contributed by atoms with van der Waals surface area (Å²) in [5, 5.41) is 0. The van der Waals surface area contributed by atoms with E-state index in [1.807, 2.05) is 0 Å². The van der Waals surface area contributed by atoms with Crippen molar-refractivity contribution in [3.8, 4) is 0 Å². The molecule has 0 aromatic rings. The maximum atomic E-state index is 11.5. The van der Waals surface area contributed by atoms with E-state index in [1.54, 1.807) is 6.92 Å². The first-order chi connectivity index (χ1) is 8.56. The Balaban J connectivity index is 2.39. The number of carbonyl (C=O) groups is 2. The molecule has 1 aliphatic heterocycles. The Morgan fingerprint density at radius 1 is 1.39 bits per heavy atom. The molecular formula is C12H18O6. The van der Waals surface area contributed by atoms with E-state index in [0.29, 0.717) is 13.2 Å². The average Bonchev–Trinajstić information content (AvgIpc) is 2.31. The Morgan fingerprint density at radius 2 is 2.11 bits per heavy atom. The van der Waals surface area contributed by atoms with Gasteiger partial charge in [-0.2, -0.15) is 0 Å². The summed E-state index contributed by atoms with van der Waals surface area (Å²) in [6.45, 7) is 5.64. The monoisotopic (exact) mass is 258 g/mol. The summed E-state index contributed by atoms with van der Waals surface area (Å²) < 4.78 is 20.4. The molecule has 1 atom stereocenters. The zero-order valence-corrected chi connectivity index (χ0v) is 10.5. The first-order valence-electron chi connectivity index (χ1n) is 5.78. The Kier molecular flexibility index (Phi) is 5.80. The topological polar surface area (TPSA) is 71.1 Å². The van der Waals surface area contributed by atoms with Crippen LogP contribution in [0.2, 0.25) is 0 Å². The van der Waals surface area contributed by atoms with Gasteiger partial charge in [0.25, 0.3) is 0 Å². The Hall–Kier alpha value is -1.40. The second-order valence-corrected chi connectivity index (χ2v) is 4.03. The SMILES string of the molecule is C=CC(=O)OCC(=O)OC1(C)COCCCCO1. The minimum atomic E-state index is -1.13. The van der Waals surface area contributed by atoms with E-state index in [1.165, 1.54) is 0 Å². The third-order valence-electron chi connectivity index (χ3n) is 2.28. The summed E-state index contributed by atoms with van der Waals surface area (Å²) in [6.07, 6.45) is 2.74. The highest BCUT2D eigenvalue weighted by atomic mass is 16.7. The van der Waals surface area contributed by atoms with Crippen LogP contribution >= 0.6 is 0 Å². The van der Waals surface area contributed by atoms with Crippen molar-refractivity contribution in [1.82, 2.24) is 0 Å². The lowest BCUT2D eigenvalue weighted by Crippen LogP contribution is -2.42. The summed E-state index contributed by atoms with van der Waals surface area (Å²) in [5.41, 5.74) is 0. The van der Waals surface area contributed by atoms with Crippen LogP contribution in [0, 0.1) is 0 Å². The first kappa shape index (κ1) is 14.7. The van der Waals surface area contributed by atoms with Crippen LogP contribution < -0.4 is 0 Å². The third-order valence-corrected chi connectivity index (χ3v) is 2.28. The molecule has 102 valence electrons. The van der Waals surface area contributed by atoms with Gasteiger partial charge in [0.1, 0.15) is 6.61 Å². The van der Waals surface area contributed by atoms with Gasteiger partial charge in [-0.15, -0.1) is 0 Å². The molecule has 6 heteroatoms. The number of esters is 2. The van der Waals surface area contributed by atoms with Crippen LogP contribution in [-0.2, 0) is 28.5 Å². The number of hydrogen-bond donors (Lipinski definition) is 0. The minimum Gasteiger partial charge on any atom is -0.451 e. The Labute approximate surface area is 106 Å². The van der Waals surface area contributed by atoms with Crippen molar-refractivity contribution in [2.75, 3.05) is 26.4 Å². The highest BCUT2D eigenvalue weighted by molar-refractivity contribution is 5.83. The fourth-order valence-corrected chi connectivity index (χ4v) is 1.41. The predicted molar refractivity (Wildman–Crippen MR) is 61.7 cm³/mol. The molecule has 1 aliphatic rings. The summed E-state index contributed by atoms with van der Waals surface area (Å²) in [4.78, 5) is 22.3. The van der Waals surface area contributed by atoms with Gasteiger partial charge in [0, 0.05) is 19.6 Å². The van der Waals surface area contributed by atoms with E-state index >= 15 is 0 Å². The van der Waals surface area contributed by atoms with Gasteiger partial charge in [-0.3, -0.25) is 0 Å². The maximum absolute atomic E-state index is 11.5. The van der Waals surface area contributed by atoms with Gasteiger partial charge >= 0.3 is 11.9 Å². The smallest absolute Gasteiger partial charge is 0.346 e. The summed E-state index contributed by atoms with van der Waals surface area (Å²) in [6, 6.07) is 0. The fraction of sp³-hybridized carbons (Fsp3) is 0.667. The predicted octanol–water partition coefficient (Wildman–Crippen LogP) is 0.802. The zero-order chi connectivity index (χ0) is 13.4. The third kappa shape index (κ3) is 5.29. The Morgan fingerprint density at radius 3 is 2.83 bits per heavy atom. The standard InChI is InChI=1S/C12H18O6/c1-3-10(13)16-8-11(14)18-12(2)9-15-6-4-5-7-17-12/h3H,1,4-9H2,2H3. The van der Waals surface area contributed by atoms with Gasteiger partial charge < -0.3 is 18.9 Å². The van der Waals surface area contributed by atoms with Crippen molar-refractivity contribution in [3.63, 3.8) is 0 Å². The van der Waals surface area contributed by atoms with E-state index in [2.05, 4.69) is 11.3 Å². The van der Waals surface area contributed by atoms with Crippen molar-refractivity contribution in [2.24, 2.45) is 0 Å². The number of rotatable bonds is 4. The summed E-state index contributed by atoms with van der Waals surface area (Å²) >= 11 is 0. The largest absolute Gasteiger partial charge is 0.451 e. The maximum Gasteiger partial charge on any atom is 0.346 e. The molecule has 6 nitrogen and oxygen atoms in total. The molecule has 0 spiro atoms. The van der Waals surface area contributed by atoms with Crippen LogP contribution in [0.1, 0.15) is 19.8 Å². The van der Waals surface area contributed by atoms with Crippen molar-refractivity contribution in [1.29, 1.82) is 0 Å². The normalized spacial score (nSPS) is 24.5. The van der Waals surface area contributed by atoms with Crippen molar-refractivity contribution >= 4 is 11.9 Å². The van der Waals surface area contributed by atoms with Crippen molar-refractivity contribution in [2.45, 2.75) is 25.6 Å². The van der Waals surface area contributed by atoms with Crippen LogP contribution in [-0.4, -0.2) is 44.2 Å². The van der Waals surface area contributed by atoms with E-state index < -0.39 is 24.3 Å². The first-order valence-corrected chi connectivity index (χ1v) is 5.78. The molecule has 0 bridgehead atoms. The van der Waals surface area contributed by atoms with Gasteiger partial charge in [-0.25, -0.2) is 9.59 Å². The molecule has 0 radical (unpaired) electrons. The zero-order valence-electron chi connectivity index (χ0n) is 10.5. The lowest BCUT2D eigenvalue weighted by Gasteiger charge is -2.30. The van der Waals surface area contributed by atoms with Gasteiger partial charge in [-0.1, -0.05) is 6.58 Å². The van der Waals surface area contributed by atoms with Gasteiger partial charge in [0.2, 0.25) is 5.79 Å². The quantitative estimate of drug-likeness (QED) is 0.548. The van der Waals surface area contributed by atoms with E-state index in [9.17, 15) is 9.59 Å². The van der Waals surface area contributed by atoms with Gasteiger partial charge in [0.15, 0.2) is 6.61 Å². The number of hydrogen-bond acceptors (Lipinski definition) is 6. The summed E-state index contributed by atoms with van der Waals surface area (Å²) in [7, 11) is 0. The molecule has 1 rings (SSSR count). The van der Waals surface area contributed by atoms with E-state index in [4.69, 9.17) is 14.2 Å².